The number of aromatic nitrogens is 1. The number of likely N-dealkylation sites (tertiary alicyclic amines) is 1. The van der Waals surface area contributed by atoms with Crippen molar-refractivity contribution in [3.05, 3.63) is 107 Å². The maximum atomic E-state index is 14.7. The van der Waals surface area contributed by atoms with Gasteiger partial charge in [-0.1, -0.05) is 65.1 Å². The number of hydrogen-bond donors (Lipinski definition) is 0. The first-order valence-corrected chi connectivity index (χ1v) is 12.7. The van der Waals surface area contributed by atoms with Gasteiger partial charge in [0.25, 0.3) is 5.91 Å². The van der Waals surface area contributed by atoms with Crippen molar-refractivity contribution < 1.29 is 18.5 Å². The largest absolute Gasteiger partial charge is 0.339 e. The first kappa shape index (κ1) is 25.4. The van der Waals surface area contributed by atoms with Gasteiger partial charge in [0, 0.05) is 37.8 Å². The minimum Gasteiger partial charge on any atom is -0.339 e. The average molecular weight is 514 g/mol. The Hall–Kier alpha value is -4.26. The molecule has 0 bridgehead atoms. The second-order valence-electron chi connectivity index (χ2n) is 9.66. The monoisotopic (exact) mass is 513 g/mol. The van der Waals surface area contributed by atoms with E-state index in [9.17, 15) is 18.5 Å². The van der Waals surface area contributed by atoms with Gasteiger partial charge in [-0.3, -0.25) is 9.59 Å². The maximum absolute atomic E-state index is 14.7. The van der Waals surface area contributed by atoms with Gasteiger partial charge in [0.2, 0.25) is 5.91 Å². The molecule has 0 aliphatic carbocycles. The second-order valence-corrected chi connectivity index (χ2v) is 9.66. The van der Waals surface area contributed by atoms with E-state index in [2.05, 4.69) is 0 Å². The van der Waals surface area contributed by atoms with E-state index in [1.165, 1.54) is 12.1 Å². The van der Waals surface area contributed by atoms with Gasteiger partial charge in [-0.05, 0) is 53.7 Å². The van der Waals surface area contributed by atoms with Crippen molar-refractivity contribution in [1.82, 2.24) is 14.6 Å². The molecule has 2 amide bonds. The highest BCUT2D eigenvalue weighted by Gasteiger charge is 2.28. The lowest BCUT2D eigenvalue weighted by molar-refractivity contribution is -0.145. The molecule has 0 radical (unpaired) electrons. The van der Waals surface area contributed by atoms with Crippen molar-refractivity contribution in [3.63, 3.8) is 0 Å². The molecule has 1 saturated heterocycles. The van der Waals surface area contributed by atoms with Gasteiger partial charge in [0.05, 0.1) is 17.6 Å². The first-order valence-electron chi connectivity index (χ1n) is 12.7. The number of hydrogen-bond acceptors (Lipinski definition) is 2. The molecule has 0 spiro atoms. The summed E-state index contributed by atoms with van der Waals surface area (Å²) in [5.74, 6) is -1.17. The SMILES string of the molecule is CC(=O)N(F)Cc1ccc(F)c(C2CCN(C(=O)c3cn(C=Cc4ccccc4)c4ccccc34)CC2)c1. The highest BCUT2D eigenvalue weighted by molar-refractivity contribution is 6.07. The van der Waals surface area contributed by atoms with Crippen LogP contribution in [0.2, 0.25) is 0 Å². The summed E-state index contributed by atoms with van der Waals surface area (Å²) in [6.45, 7) is 1.92. The van der Waals surface area contributed by atoms with Crippen LogP contribution in [0.3, 0.4) is 0 Å². The standard InChI is InChI=1S/C31H29F2N3O2/c1-22(37)36(33)20-24-11-12-29(32)27(19-24)25-14-17-34(18-15-25)31(38)28-21-35(30-10-6-5-9-26(28)30)16-13-23-7-3-2-4-8-23/h2-13,16,19,21,25H,14-15,17-18,20H2,1H3. The third-order valence-electron chi connectivity index (χ3n) is 7.14. The summed E-state index contributed by atoms with van der Waals surface area (Å²) in [6.07, 6.45) is 7.04. The molecule has 2 heterocycles. The van der Waals surface area contributed by atoms with E-state index in [1.807, 2.05) is 82.5 Å². The molecule has 7 heteroatoms. The van der Waals surface area contributed by atoms with Crippen molar-refractivity contribution in [1.29, 1.82) is 0 Å². The predicted octanol–water partition coefficient (Wildman–Crippen LogP) is 6.66. The number of piperidine rings is 1. The lowest BCUT2D eigenvalue weighted by atomic mass is 9.88. The van der Waals surface area contributed by atoms with Gasteiger partial charge < -0.3 is 9.47 Å². The Morgan fingerprint density at radius 1 is 1.00 bits per heavy atom. The van der Waals surface area contributed by atoms with Gasteiger partial charge in [-0.2, -0.15) is 5.12 Å². The smallest absolute Gasteiger partial charge is 0.256 e. The third kappa shape index (κ3) is 5.37. The number of benzene rings is 3. The molecule has 0 unspecified atom stereocenters. The summed E-state index contributed by atoms with van der Waals surface area (Å²) >= 11 is 0. The van der Waals surface area contributed by atoms with Crippen molar-refractivity contribution in [2.45, 2.75) is 32.2 Å². The normalized spacial score (nSPS) is 14.3. The number of halogens is 2. The van der Waals surface area contributed by atoms with Gasteiger partial charge in [0.1, 0.15) is 5.82 Å². The quantitative estimate of drug-likeness (QED) is 0.271. The van der Waals surface area contributed by atoms with E-state index < -0.39 is 5.91 Å². The predicted molar refractivity (Wildman–Crippen MR) is 145 cm³/mol. The van der Waals surface area contributed by atoms with Crippen LogP contribution >= 0.6 is 0 Å². The number of carbonyl (C=O) groups is 2. The number of rotatable bonds is 6. The van der Waals surface area contributed by atoms with Gasteiger partial charge in [-0.25, -0.2) is 4.39 Å². The van der Waals surface area contributed by atoms with Gasteiger partial charge in [0.15, 0.2) is 0 Å². The van der Waals surface area contributed by atoms with Crippen LogP contribution in [0.1, 0.15) is 52.7 Å². The van der Waals surface area contributed by atoms with E-state index in [0.29, 0.717) is 42.6 Å². The van der Waals surface area contributed by atoms with Gasteiger partial charge >= 0.3 is 0 Å². The fraction of sp³-hybridized carbons (Fsp3) is 0.226. The van der Waals surface area contributed by atoms with E-state index >= 15 is 0 Å². The van der Waals surface area contributed by atoms with Crippen LogP contribution in [0.5, 0.6) is 0 Å². The Morgan fingerprint density at radius 2 is 1.71 bits per heavy atom. The highest BCUT2D eigenvalue weighted by atomic mass is 19.2. The Labute approximate surface area is 220 Å². The molecular formula is C31H29F2N3O2. The summed E-state index contributed by atoms with van der Waals surface area (Å²) in [7, 11) is 0. The summed E-state index contributed by atoms with van der Waals surface area (Å²) in [4.78, 5) is 26.6. The lowest BCUT2D eigenvalue weighted by Gasteiger charge is -2.32. The van der Waals surface area contributed by atoms with E-state index in [1.54, 1.807) is 6.07 Å². The van der Waals surface area contributed by atoms with Crippen molar-refractivity contribution in [3.8, 4) is 0 Å². The maximum Gasteiger partial charge on any atom is 0.256 e. The minimum atomic E-state index is -0.695. The molecular weight excluding hydrogens is 484 g/mol. The summed E-state index contributed by atoms with van der Waals surface area (Å²) in [5, 5.41) is 1.00. The zero-order valence-corrected chi connectivity index (χ0v) is 21.2. The van der Waals surface area contributed by atoms with E-state index in [0.717, 1.165) is 23.4 Å². The molecule has 5 nitrogen and oxygen atoms in total. The number of nitrogens with zero attached hydrogens (tertiary/aromatic N) is 3. The van der Waals surface area contributed by atoms with E-state index in [4.69, 9.17) is 0 Å². The summed E-state index contributed by atoms with van der Waals surface area (Å²) in [5.41, 5.74) is 3.70. The van der Waals surface area contributed by atoms with Crippen LogP contribution in [0.15, 0.2) is 79.0 Å². The zero-order valence-electron chi connectivity index (χ0n) is 21.2. The molecule has 0 saturated carbocycles. The fourth-order valence-corrected chi connectivity index (χ4v) is 5.07. The van der Waals surface area contributed by atoms with Crippen LogP contribution < -0.4 is 0 Å². The lowest BCUT2D eigenvalue weighted by Crippen LogP contribution is -2.38. The Kier molecular flexibility index (Phi) is 7.36. The molecule has 1 aliphatic heterocycles. The zero-order chi connectivity index (χ0) is 26.6. The number of carbonyl (C=O) groups excluding carboxylic acids is 2. The number of fused-ring (bicyclic) bond motifs is 1. The molecule has 4 aromatic rings. The Balaban J connectivity index is 1.32. The molecule has 194 valence electrons. The molecule has 1 fully saturated rings. The van der Waals surface area contributed by atoms with Crippen LogP contribution in [0.25, 0.3) is 23.2 Å². The molecule has 3 aromatic carbocycles. The first-order chi connectivity index (χ1) is 18.4. The molecule has 38 heavy (non-hydrogen) atoms. The highest BCUT2D eigenvalue weighted by Crippen LogP contribution is 2.32. The van der Waals surface area contributed by atoms with Crippen LogP contribution in [-0.4, -0.2) is 39.5 Å². The molecule has 1 aliphatic rings. The van der Waals surface area contributed by atoms with Crippen LogP contribution in [-0.2, 0) is 11.3 Å². The Morgan fingerprint density at radius 3 is 2.45 bits per heavy atom. The molecule has 5 rings (SSSR count). The Bertz CT molecular complexity index is 1490. The fourth-order valence-electron chi connectivity index (χ4n) is 5.07. The molecule has 0 atom stereocenters. The number of para-hydroxylation sites is 1. The topological polar surface area (TPSA) is 45.6 Å². The van der Waals surface area contributed by atoms with Crippen molar-refractivity contribution in [2.75, 3.05) is 13.1 Å². The minimum absolute atomic E-state index is 0.0461. The van der Waals surface area contributed by atoms with Crippen LogP contribution in [0, 0.1) is 5.82 Å². The van der Waals surface area contributed by atoms with Crippen molar-refractivity contribution in [2.24, 2.45) is 0 Å². The molecule has 1 aromatic heterocycles. The van der Waals surface area contributed by atoms with Gasteiger partial charge in [-0.15, -0.1) is 0 Å². The summed E-state index contributed by atoms with van der Waals surface area (Å²) in [6, 6.07) is 22.3. The third-order valence-corrected chi connectivity index (χ3v) is 7.14. The van der Waals surface area contributed by atoms with Crippen molar-refractivity contribution >= 4 is 35.0 Å². The molecule has 0 N–H and O–H groups in total. The average Bonchev–Trinajstić information content (AvgIpc) is 3.32. The number of amides is 2. The second kappa shape index (κ2) is 11.0. The van der Waals surface area contributed by atoms with Crippen LogP contribution in [0.4, 0.5) is 8.87 Å². The summed E-state index contributed by atoms with van der Waals surface area (Å²) < 4.78 is 30.4. The van der Waals surface area contributed by atoms with E-state index in [-0.39, 0.29) is 29.3 Å².